The highest BCUT2D eigenvalue weighted by Gasteiger charge is 2.20. The molecule has 2 rings (SSSR count). The minimum absolute atomic E-state index is 0.0726. The quantitative estimate of drug-likeness (QED) is 0.738. The monoisotopic (exact) mass is 346 g/mol. The van der Waals surface area contributed by atoms with E-state index in [-0.39, 0.29) is 6.61 Å². The highest BCUT2D eigenvalue weighted by atomic mass is 16.5. The fraction of sp³-hybridized carbons (Fsp3) is 0.400. The van der Waals surface area contributed by atoms with Crippen LogP contribution in [0.3, 0.4) is 0 Å². The molecule has 0 radical (unpaired) electrons. The van der Waals surface area contributed by atoms with Gasteiger partial charge in [-0.05, 0) is 43.5 Å². The number of rotatable bonds is 8. The molecule has 0 saturated heterocycles. The van der Waals surface area contributed by atoms with E-state index in [9.17, 15) is 0 Å². The molecule has 25 heavy (non-hydrogen) atoms. The number of benzene rings is 2. The van der Waals surface area contributed by atoms with E-state index < -0.39 is 0 Å². The fourth-order valence-electron chi connectivity index (χ4n) is 2.95. The molecule has 0 heterocycles. The van der Waals surface area contributed by atoms with Gasteiger partial charge in [-0.1, -0.05) is 11.6 Å². The molecule has 0 aliphatic carbocycles. The number of aliphatic hydroxyl groups excluding tert-OH is 1. The van der Waals surface area contributed by atoms with E-state index in [4.69, 9.17) is 24.1 Å². The normalized spacial score (nSPS) is 11.5. The zero-order valence-electron chi connectivity index (χ0n) is 15.5. The van der Waals surface area contributed by atoms with Gasteiger partial charge in [-0.15, -0.1) is 0 Å². The van der Waals surface area contributed by atoms with E-state index in [1.807, 2.05) is 31.2 Å². The topological polar surface area (TPSA) is 57.2 Å². The van der Waals surface area contributed by atoms with Crippen molar-refractivity contribution >= 4 is 10.8 Å². The molecule has 0 atom stereocenters. The van der Waals surface area contributed by atoms with Gasteiger partial charge in [-0.25, -0.2) is 0 Å². The molecule has 0 bridgehead atoms. The maximum absolute atomic E-state index is 9.14. The third-order valence-corrected chi connectivity index (χ3v) is 4.22. The molecule has 0 aromatic heterocycles. The summed E-state index contributed by atoms with van der Waals surface area (Å²) < 4.78 is 22.4. The van der Waals surface area contributed by atoms with Crippen molar-refractivity contribution < 1.29 is 24.1 Å². The Morgan fingerprint density at radius 1 is 0.920 bits per heavy atom. The number of methoxy groups -OCH3 is 4. The van der Waals surface area contributed by atoms with E-state index in [1.165, 1.54) is 0 Å². The average Bonchev–Trinajstić information content (AvgIpc) is 2.65. The Balaban J connectivity index is 2.67. The van der Waals surface area contributed by atoms with Crippen molar-refractivity contribution in [1.82, 2.24) is 0 Å². The number of aryl methyl sites for hydroxylation is 1. The first-order chi connectivity index (χ1) is 12.1. The predicted octanol–water partition coefficient (Wildman–Crippen LogP) is 3.75. The third kappa shape index (κ3) is 3.82. The highest BCUT2D eigenvalue weighted by molar-refractivity contribution is 6.03. The van der Waals surface area contributed by atoms with Crippen LogP contribution in [0.1, 0.15) is 18.9 Å². The predicted molar refractivity (Wildman–Crippen MR) is 99.3 cm³/mol. The van der Waals surface area contributed by atoms with Crippen molar-refractivity contribution in [2.75, 3.05) is 35.0 Å². The Kier molecular flexibility index (Phi) is 6.53. The Bertz CT molecular complexity index is 765. The molecular formula is C20H26O5. The maximum Gasteiger partial charge on any atom is 0.134 e. The zero-order valence-corrected chi connectivity index (χ0v) is 15.5. The lowest BCUT2D eigenvalue weighted by Crippen LogP contribution is -2.00. The average molecular weight is 346 g/mol. The summed E-state index contributed by atoms with van der Waals surface area (Å²) >= 11 is 0. The van der Waals surface area contributed by atoms with Crippen molar-refractivity contribution in [2.45, 2.75) is 19.8 Å². The van der Waals surface area contributed by atoms with Gasteiger partial charge in [-0.2, -0.15) is 0 Å². The summed E-state index contributed by atoms with van der Waals surface area (Å²) in [7, 11) is 6.55. The summed E-state index contributed by atoms with van der Waals surface area (Å²) in [4.78, 5) is 0. The van der Waals surface area contributed by atoms with Gasteiger partial charge in [0.05, 0.1) is 45.8 Å². The molecule has 2 aromatic carbocycles. The molecule has 0 spiro atoms. The maximum atomic E-state index is 9.14. The van der Waals surface area contributed by atoms with Crippen LogP contribution in [-0.4, -0.2) is 40.2 Å². The van der Waals surface area contributed by atoms with Gasteiger partial charge in [0.25, 0.3) is 0 Å². The van der Waals surface area contributed by atoms with Crippen LogP contribution in [-0.2, 0) is 6.42 Å². The van der Waals surface area contributed by atoms with E-state index in [2.05, 4.69) is 0 Å². The van der Waals surface area contributed by atoms with Crippen LogP contribution in [0.15, 0.2) is 29.8 Å². The van der Waals surface area contributed by atoms with Crippen LogP contribution >= 0.6 is 0 Å². The van der Waals surface area contributed by atoms with Crippen molar-refractivity contribution in [1.29, 1.82) is 0 Å². The summed E-state index contributed by atoms with van der Waals surface area (Å²) in [5, 5.41) is 10.8. The van der Waals surface area contributed by atoms with Crippen LogP contribution in [0, 0.1) is 0 Å². The Morgan fingerprint density at radius 3 is 2.04 bits per heavy atom. The Labute approximate surface area is 148 Å². The number of hydrogen-bond acceptors (Lipinski definition) is 5. The second kappa shape index (κ2) is 8.62. The highest BCUT2D eigenvalue weighted by Crippen LogP contribution is 2.46. The summed E-state index contributed by atoms with van der Waals surface area (Å²) in [6.07, 6.45) is 3.58. The molecule has 0 saturated carbocycles. The van der Waals surface area contributed by atoms with Gasteiger partial charge in [0, 0.05) is 0 Å². The zero-order chi connectivity index (χ0) is 18.4. The first-order valence-corrected chi connectivity index (χ1v) is 8.16. The summed E-state index contributed by atoms with van der Waals surface area (Å²) in [6.45, 7) is 1.98. The lowest BCUT2D eigenvalue weighted by molar-refractivity contribution is 0.331. The van der Waals surface area contributed by atoms with Crippen molar-refractivity contribution in [3.63, 3.8) is 0 Å². The summed E-state index contributed by atoms with van der Waals surface area (Å²) in [5.74, 6) is 2.87. The smallest absolute Gasteiger partial charge is 0.134 e. The molecule has 136 valence electrons. The van der Waals surface area contributed by atoms with Gasteiger partial charge in [-0.3, -0.25) is 0 Å². The van der Waals surface area contributed by atoms with E-state index in [0.717, 1.165) is 40.5 Å². The van der Waals surface area contributed by atoms with E-state index in [1.54, 1.807) is 28.4 Å². The SMILES string of the molecule is COc1ccc(OC)c2c(OC)c(CCC=C(C)CO)cc(OC)c12. The number of fused-ring (bicyclic) bond motifs is 1. The molecule has 1 N–H and O–H groups in total. The largest absolute Gasteiger partial charge is 0.496 e. The second-order valence-corrected chi connectivity index (χ2v) is 5.74. The van der Waals surface area contributed by atoms with Crippen LogP contribution in [0.5, 0.6) is 23.0 Å². The van der Waals surface area contributed by atoms with Crippen molar-refractivity contribution in [2.24, 2.45) is 0 Å². The minimum atomic E-state index is 0.0726. The lowest BCUT2D eigenvalue weighted by Gasteiger charge is -2.19. The third-order valence-electron chi connectivity index (χ3n) is 4.22. The van der Waals surface area contributed by atoms with Crippen LogP contribution < -0.4 is 18.9 Å². The van der Waals surface area contributed by atoms with E-state index >= 15 is 0 Å². The molecule has 2 aromatic rings. The molecule has 0 aliphatic heterocycles. The Hall–Kier alpha value is -2.40. The fourth-order valence-corrected chi connectivity index (χ4v) is 2.95. The van der Waals surface area contributed by atoms with Crippen molar-refractivity contribution in [3.05, 3.63) is 35.4 Å². The van der Waals surface area contributed by atoms with Crippen LogP contribution in [0.4, 0.5) is 0 Å². The molecule has 5 nitrogen and oxygen atoms in total. The van der Waals surface area contributed by atoms with Gasteiger partial charge in [0.2, 0.25) is 0 Å². The second-order valence-electron chi connectivity index (χ2n) is 5.74. The number of hydrogen-bond donors (Lipinski definition) is 1. The first-order valence-electron chi connectivity index (χ1n) is 8.16. The number of allylic oxidation sites excluding steroid dienone is 1. The van der Waals surface area contributed by atoms with Gasteiger partial charge >= 0.3 is 0 Å². The Morgan fingerprint density at radius 2 is 1.52 bits per heavy atom. The van der Waals surface area contributed by atoms with Crippen LogP contribution in [0.25, 0.3) is 10.8 Å². The summed E-state index contributed by atoms with van der Waals surface area (Å²) in [6, 6.07) is 5.70. The molecule has 0 amide bonds. The van der Waals surface area contributed by atoms with Gasteiger partial charge in [0.1, 0.15) is 23.0 Å². The standard InChI is InChI=1S/C20H26O5/c1-13(12-21)7-6-8-14-11-17(24-4)18-15(22-2)9-10-16(23-3)19(18)20(14)25-5/h7,9-11,21H,6,8,12H2,1-5H3. The van der Waals surface area contributed by atoms with E-state index in [0.29, 0.717) is 17.2 Å². The molecular weight excluding hydrogens is 320 g/mol. The van der Waals surface area contributed by atoms with Gasteiger partial charge in [0.15, 0.2) is 0 Å². The minimum Gasteiger partial charge on any atom is -0.496 e. The molecule has 0 aliphatic rings. The van der Waals surface area contributed by atoms with Crippen molar-refractivity contribution in [3.8, 4) is 23.0 Å². The molecule has 0 fully saturated rings. The number of aliphatic hydroxyl groups is 1. The molecule has 0 unspecified atom stereocenters. The number of ether oxygens (including phenoxy) is 4. The van der Waals surface area contributed by atoms with Crippen LogP contribution in [0.2, 0.25) is 0 Å². The lowest BCUT2D eigenvalue weighted by atomic mass is 9.99. The van der Waals surface area contributed by atoms with Gasteiger partial charge < -0.3 is 24.1 Å². The first kappa shape index (κ1) is 18.9. The molecule has 5 heteroatoms. The summed E-state index contributed by atoms with van der Waals surface area (Å²) in [5.41, 5.74) is 1.96.